The molecule has 0 aliphatic carbocycles. The third-order valence-corrected chi connectivity index (χ3v) is 4.90. The molecular weight excluding hydrogens is 475 g/mol. The van der Waals surface area contributed by atoms with Crippen LogP contribution in [0.3, 0.4) is 0 Å². The van der Waals surface area contributed by atoms with Gasteiger partial charge in [-0.1, -0.05) is 0 Å². The molecule has 3 aromatic rings. The zero-order valence-electron chi connectivity index (χ0n) is 20.4. The van der Waals surface area contributed by atoms with Crippen LogP contribution in [0.25, 0.3) is 0 Å². The van der Waals surface area contributed by atoms with Crippen molar-refractivity contribution in [1.82, 2.24) is 4.98 Å². The van der Waals surface area contributed by atoms with E-state index in [0.29, 0.717) is 17.1 Å². The largest absolute Gasteiger partial charge is 0.443 e. The van der Waals surface area contributed by atoms with Crippen molar-refractivity contribution in [3.8, 4) is 11.6 Å². The molecule has 2 amide bonds. The van der Waals surface area contributed by atoms with E-state index < -0.39 is 29.3 Å². The Morgan fingerprint density at radius 1 is 0.972 bits per heavy atom. The van der Waals surface area contributed by atoms with Crippen molar-refractivity contribution in [1.29, 1.82) is 0 Å². The summed E-state index contributed by atoms with van der Waals surface area (Å²) < 4.78 is 49.2. The number of aryl methyl sites for hydroxylation is 1. The Hall–Kier alpha value is -4.08. The van der Waals surface area contributed by atoms with Crippen LogP contribution in [0.1, 0.15) is 42.3 Å². The highest BCUT2D eigenvalue weighted by molar-refractivity contribution is 6.04. The van der Waals surface area contributed by atoms with Gasteiger partial charge in [-0.15, -0.1) is 0 Å². The number of halogens is 3. The maximum Gasteiger partial charge on any atom is 0.416 e. The van der Waals surface area contributed by atoms with E-state index in [-0.39, 0.29) is 11.4 Å². The van der Waals surface area contributed by atoms with Gasteiger partial charge in [-0.3, -0.25) is 9.69 Å². The highest BCUT2D eigenvalue weighted by Gasteiger charge is 2.30. The van der Waals surface area contributed by atoms with E-state index >= 15 is 0 Å². The average molecular weight is 502 g/mol. The Morgan fingerprint density at radius 2 is 1.64 bits per heavy atom. The minimum atomic E-state index is -4.47. The third-order valence-electron chi connectivity index (χ3n) is 4.90. The first kappa shape index (κ1) is 26.5. The number of anilines is 2. The summed E-state index contributed by atoms with van der Waals surface area (Å²) >= 11 is 0. The number of nitrogens with zero attached hydrogens (tertiary/aromatic N) is 2. The van der Waals surface area contributed by atoms with Crippen molar-refractivity contribution in [2.24, 2.45) is 0 Å². The molecule has 1 heterocycles. The molecule has 0 aliphatic heterocycles. The third kappa shape index (κ3) is 6.97. The van der Waals surface area contributed by atoms with Crippen LogP contribution in [0.2, 0.25) is 0 Å². The molecule has 0 atom stereocenters. The number of aromatic nitrogens is 1. The lowest BCUT2D eigenvalue weighted by atomic mass is 10.1. The number of amides is 2. The zero-order valence-corrected chi connectivity index (χ0v) is 20.4. The van der Waals surface area contributed by atoms with Gasteiger partial charge in [0.1, 0.15) is 11.4 Å². The van der Waals surface area contributed by atoms with E-state index in [1.54, 1.807) is 58.2 Å². The van der Waals surface area contributed by atoms with Crippen LogP contribution in [-0.4, -0.2) is 29.6 Å². The Labute approximate surface area is 206 Å². The summed E-state index contributed by atoms with van der Waals surface area (Å²) in [5.41, 5.74) is 0.363. The second kappa shape index (κ2) is 10.3. The summed E-state index contributed by atoms with van der Waals surface area (Å²) in [6, 6.07) is 12.2. The van der Waals surface area contributed by atoms with Crippen LogP contribution >= 0.6 is 0 Å². The lowest BCUT2D eigenvalue weighted by Gasteiger charge is -2.25. The number of carbonyl (C=O) groups excluding carboxylic acids is 2. The van der Waals surface area contributed by atoms with Crippen LogP contribution < -0.4 is 15.0 Å². The first-order chi connectivity index (χ1) is 16.7. The first-order valence-electron chi connectivity index (χ1n) is 10.9. The molecule has 3 rings (SSSR count). The molecule has 7 nitrogen and oxygen atoms in total. The van der Waals surface area contributed by atoms with Crippen molar-refractivity contribution in [2.75, 3.05) is 17.3 Å². The van der Waals surface area contributed by atoms with Gasteiger partial charge >= 0.3 is 12.3 Å². The molecule has 2 aromatic carbocycles. The number of hydrogen-bond donors (Lipinski definition) is 1. The summed E-state index contributed by atoms with van der Waals surface area (Å²) in [4.78, 5) is 30.2. The molecule has 10 heteroatoms. The van der Waals surface area contributed by atoms with Gasteiger partial charge in [-0.05, 0) is 81.8 Å². The molecule has 0 saturated heterocycles. The van der Waals surface area contributed by atoms with Crippen molar-refractivity contribution in [2.45, 2.75) is 39.5 Å². The summed E-state index contributed by atoms with van der Waals surface area (Å²) in [6.07, 6.45) is -3.58. The Kier molecular flexibility index (Phi) is 7.57. The number of carbonyl (C=O) groups is 2. The van der Waals surface area contributed by atoms with Gasteiger partial charge in [0, 0.05) is 24.4 Å². The molecule has 0 fully saturated rings. The standard InChI is InChI=1S/C26H26F3N3O4/c1-16-14-20(32(5)24(34)36-25(2,3)4)11-12-21(16)35-22-13-10-19(15-30-22)31-23(33)17-6-8-18(9-7-17)26(27,28)29/h6-15H,1-5H3,(H,31,33). The molecule has 0 spiro atoms. The highest BCUT2D eigenvalue weighted by atomic mass is 19.4. The number of nitrogens with one attached hydrogen (secondary N) is 1. The lowest BCUT2D eigenvalue weighted by Crippen LogP contribution is -2.34. The maximum absolute atomic E-state index is 12.7. The predicted octanol–water partition coefficient (Wildman–Crippen LogP) is 6.82. The minimum absolute atomic E-state index is 0.0791. The van der Waals surface area contributed by atoms with Crippen LogP contribution in [0.5, 0.6) is 11.6 Å². The van der Waals surface area contributed by atoms with Crippen molar-refractivity contribution in [3.05, 3.63) is 77.5 Å². The molecule has 0 radical (unpaired) electrons. The molecule has 36 heavy (non-hydrogen) atoms. The number of hydrogen-bond acceptors (Lipinski definition) is 5. The van der Waals surface area contributed by atoms with Crippen LogP contribution in [0.15, 0.2) is 60.8 Å². The Morgan fingerprint density at radius 3 is 2.17 bits per heavy atom. The van der Waals surface area contributed by atoms with E-state index in [4.69, 9.17) is 9.47 Å². The number of ether oxygens (including phenoxy) is 2. The zero-order chi connectivity index (χ0) is 26.7. The molecule has 0 aliphatic rings. The highest BCUT2D eigenvalue weighted by Crippen LogP contribution is 2.30. The topological polar surface area (TPSA) is 80.8 Å². The number of rotatable bonds is 5. The minimum Gasteiger partial charge on any atom is -0.443 e. The predicted molar refractivity (Wildman–Crippen MR) is 130 cm³/mol. The summed E-state index contributed by atoms with van der Waals surface area (Å²) in [5, 5.41) is 2.58. The van der Waals surface area contributed by atoms with Gasteiger partial charge in [-0.2, -0.15) is 13.2 Å². The van der Waals surface area contributed by atoms with Crippen LogP contribution in [-0.2, 0) is 10.9 Å². The van der Waals surface area contributed by atoms with Gasteiger partial charge in [-0.25, -0.2) is 9.78 Å². The normalized spacial score (nSPS) is 11.6. The first-order valence-corrected chi connectivity index (χ1v) is 10.9. The van der Waals surface area contributed by atoms with Gasteiger partial charge in [0.2, 0.25) is 5.88 Å². The van der Waals surface area contributed by atoms with Crippen LogP contribution in [0.4, 0.5) is 29.3 Å². The molecule has 0 unspecified atom stereocenters. The monoisotopic (exact) mass is 501 g/mol. The van der Waals surface area contributed by atoms with Crippen LogP contribution in [0, 0.1) is 6.92 Å². The van der Waals surface area contributed by atoms with E-state index in [2.05, 4.69) is 10.3 Å². The fourth-order valence-corrected chi connectivity index (χ4v) is 3.03. The average Bonchev–Trinajstić information content (AvgIpc) is 2.79. The van der Waals surface area contributed by atoms with Gasteiger partial charge in [0.15, 0.2) is 0 Å². The molecule has 1 aromatic heterocycles. The number of alkyl halides is 3. The second-order valence-electron chi connectivity index (χ2n) is 9.01. The van der Waals surface area contributed by atoms with E-state index in [1.807, 2.05) is 6.92 Å². The Balaban J connectivity index is 1.63. The lowest BCUT2D eigenvalue weighted by molar-refractivity contribution is -0.137. The van der Waals surface area contributed by atoms with E-state index in [0.717, 1.165) is 29.8 Å². The number of pyridine rings is 1. The second-order valence-corrected chi connectivity index (χ2v) is 9.01. The van der Waals surface area contributed by atoms with Gasteiger partial charge < -0.3 is 14.8 Å². The van der Waals surface area contributed by atoms with E-state index in [1.165, 1.54) is 11.1 Å². The Bertz CT molecular complexity index is 1240. The van der Waals surface area contributed by atoms with Gasteiger partial charge in [0.05, 0.1) is 17.4 Å². The molecule has 190 valence electrons. The van der Waals surface area contributed by atoms with Gasteiger partial charge in [0.25, 0.3) is 5.91 Å². The SMILES string of the molecule is Cc1cc(N(C)C(=O)OC(C)(C)C)ccc1Oc1ccc(NC(=O)c2ccc(C(F)(F)F)cc2)cn1. The van der Waals surface area contributed by atoms with Crippen molar-refractivity contribution < 1.29 is 32.2 Å². The summed E-state index contributed by atoms with van der Waals surface area (Å²) in [6.45, 7) is 7.19. The maximum atomic E-state index is 12.7. The van der Waals surface area contributed by atoms with Crippen molar-refractivity contribution >= 4 is 23.4 Å². The molecular formula is C26H26F3N3O4. The molecule has 1 N–H and O–H groups in total. The summed E-state index contributed by atoms with van der Waals surface area (Å²) in [5.74, 6) is 0.212. The fourth-order valence-electron chi connectivity index (χ4n) is 3.03. The molecule has 0 bridgehead atoms. The quantitative estimate of drug-likeness (QED) is 0.415. The van der Waals surface area contributed by atoms with Crippen molar-refractivity contribution in [3.63, 3.8) is 0 Å². The van der Waals surface area contributed by atoms with E-state index in [9.17, 15) is 22.8 Å². The smallest absolute Gasteiger partial charge is 0.416 e. The number of benzene rings is 2. The summed E-state index contributed by atoms with van der Waals surface area (Å²) in [7, 11) is 1.61. The molecule has 0 saturated carbocycles. The fraction of sp³-hybridized carbons (Fsp3) is 0.269.